The number of hydrogen-bond donors (Lipinski definition) is 2. The van der Waals surface area contributed by atoms with Crippen molar-refractivity contribution in [1.82, 2.24) is 5.32 Å². The quantitative estimate of drug-likeness (QED) is 0.436. The molecule has 19 heavy (non-hydrogen) atoms. The molecule has 0 saturated heterocycles. The van der Waals surface area contributed by atoms with Crippen LogP contribution in [-0.2, 0) is 4.79 Å². The zero-order valence-electron chi connectivity index (χ0n) is 9.49. The Morgan fingerprint density at radius 2 is 2.16 bits per heavy atom. The maximum atomic E-state index is 11.1. The molecule has 0 aliphatic heterocycles. The molecule has 0 aliphatic rings. The highest BCUT2D eigenvalue weighted by molar-refractivity contribution is 5.94. The van der Waals surface area contributed by atoms with E-state index in [4.69, 9.17) is 10.5 Å². The molecule has 0 aliphatic carbocycles. The number of imide groups is 1. The third kappa shape index (κ3) is 4.07. The Morgan fingerprint density at radius 3 is 2.68 bits per heavy atom. The molecule has 0 unspecified atom stereocenters. The SMILES string of the molecule is NC(=O)NC(=O)COc1ccc([N+](=O)[O-])cc1C=O. The van der Waals surface area contributed by atoms with E-state index in [1.165, 1.54) is 6.07 Å². The third-order valence-corrected chi connectivity index (χ3v) is 1.95. The lowest BCUT2D eigenvalue weighted by Crippen LogP contribution is -2.38. The summed E-state index contributed by atoms with van der Waals surface area (Å²) in [5.74, 6) is -0.817. The first-order valence-corrected chi connectivity index (χ1v) is 4.89. The predicted octanol–water partition coefficient (Wildman–Crippen LogP) is -0.0190. The zero-order chi connectivity index (χ0) is 14.4. The molecule has 9 nitrogen and oxygen atoms in total. The number of benzene rings is 1. The highest BCUT2D eigenvalue weighted by atomic mass is 16.6. The maximum absolute atomic E-state index is 11.1. The van der Waals surface area contributed by atoms with Crippen LogP contribution in [0.2, 0.25) is 0 Å². The van der Waals surface area contributed by atoms with E-state index < -0.39 is 23.5 Å². The molecular formula is C10H9N3O6. The smallest absolute Gasteiger partial charge is 0.318 e. The number of nitrogens with two attached hydrogens (primary N) is 1. The molecule has 0 radical (unpaired) electrons. The van der Waals surface area contributed by atoms with Crippen LogP contribution in [-0.4, -0.2) is 29.8 Å². The maximum Gasteiger partial charge on any atom is 0.318 e. The van der Waals surface area contributed by atoms with Crippen molar-refractivity contribution in [3.05, 3.63) is 33.9 Å². The molecular weight excluding hydrogens is 258 g/mol. The summed E-state index contributed by atoms with van der Waals surface area (Å²) >= 11 is 0. The predicted molar refractivity (Wildman–Crippen MR) is 61.7 cm³/mol. The second-order valence-corrected chi connectivity index (χ2v) is 3.30. The van der Waals surface area contributed by atoms with Crippen molar-refractivity contribution in [1.29, 1.82) is 0 Å². The number of nitrogens with zero attached hydrogens (tertiary/aromatic N) is 1. The van der Waals surface area contributed by atoms with Gasteiger partial charge in [0.15, 0.2) is 12.9 Å². The van der Waals surface area contributed by atoms with Gasteiger partial charge in [-0.15, -0.1) is 0 Å². The number of carbonyl (C=O) groups excluding carboxylic acids is 3. The first-order chi connectivity index (χ1) is 8.93. The average Bonchev–Trinajstić information content (AvgIpc) is 2.35. The van der Waals surface area contributed by atoms with E-state index in [-0.39, 0.29) is 17.0 Å². The number of nitrogens with one attached hydrogen (secondary N) is 1. The lowest BCUT2D eigenvalue weighted by molar-refractivity contribution is -0.384. The van der Waals surface area contributed by atoms with Crippen molar-refractivity contribution in [2.45, 2.75) is 0 Å². The van der Waals surface area contributed by atoms with Gasteiger partial charge in [0, 0.05) is 12.1 Å². The van der Waals surface area contributed by atoms with Crippen LogP contribution in [0.1, 0.15) is 10.4 Å². The van der Waals surface area contributed by atoms with Crippen LogP contribution in [0, 0.1) is 10.1 Å². The number of nitro benzene ring substituents is 1. The van der Waals surface area contributed by atoms with Gasteiger partial charge in [-0.05, 0) is 6.07 Å². The van der Waals surface area contributed by atoms with E-state index in [0.29, 0.717) is 6.29 Å². The normalized spacial score (nSPS) is 9.47. The first-order valence-electron chi connectivity index (χ1n) is 4.89. The molecule has 1 aromatic rings. The Bertz CT molecular complexity index is 542. The molecule has 0 atom stereocenters. The number of primary amides is 1. The summed E-state index contributed by atoms with van der Waals surface area (Å²) in [4.78, 5) is 42.0. The van der Waals surface area contributed by atoms with Crippen LogP contribution in [0.15, 0.2) is 18.2 Å². The molecule has 0 bridgehead atoms. The monoisotopic (exact) mass is 267 g/mol. The fourth-order valence-electron chi connectivity index (χ4n) is 1.19. The average molecular weight is 267 g/mol. The molecule has 0 spiro atoms. The number of aldehydes is 1. The summed E-state index contributed by atoms with van der Waals surface area (Å²) < 4.78 is 4.95. The summed E-state index contributed by atoms with van der Waals surface area (Å²) in [6.07, 6.45) is 0.355. The highest BCUT2D eigenvalue weighted by Gasteiger charge is 2.12. The van der Waals surface area contributed by atoms with Gasteiger partial charge in [-0.1, -0.05) is 0 Å². The number of urea groups is 1. The lowest BCUT2D eigenvalue weighted by Gasteiger charge is -2.07. The standard InChI is InChI=1S/C10H9N3O6/c11-10(16)12-9(15)5-19-8-2-1-7(13(17)18)3-6(8)4-14/h1-4H,5H2,(H3,11,12,15,16). The van der Waals surface area contributed by atoms with E-state index in [1.54, 1.807) is 5.32 Å². The number of hydrogen-bond acceptors (Lipinski definition) is 6. The Labute approximate surface area is 106 Å². The van der Waals surface area contributed by atoms with Crippen molar-refractivity contribution in [2.75, 3.05) is 6.61 Å². The van der Waals surface area contributed by atoms with Gasteiger partial charge in [0.1, 0.15) is 5.75 Å². The summed E-state index contributed by atoms with van der Waals surface area (Å²) in [6.45, 7) is -0.554. The molecule has 0 aromatic heterocycles. The number of rotatable bonds is 5. The first kappa shape index (κ1) is 14.1. The summed E-state index contributed by atoms with van der Waals surface area (Å²) in [7, 11) is 0. The Kier molecular flexibility index (Phi) is 4.52. The molecule has 3 amide bonds. The Hall–Kier alpha value is -2.97. The second kappa shape index (κ2) is 6.10. The van der Waals surface area contributed by atoms with Crippen LogP contribution in [0.5, 0.6) is 5.75 Å². The number of ether oxygens (including phenoxy) is 1. The van der Waals surface area contributed by atoms with Crippen molar-refractivity contribution in [2.24, 2.45) is 5.73 Å². The number of carbonyl (C=O) groups is 3. The van der Waals surface area contributed by atoms with Gasteiger partial charge in [0.2, 0.25) is 0 Å². The fourth-order valence-corrected chi connectivity index (χ4v) is 1.19. The minimum atomic E-state index is -1.03. The summed E-state index contributed by atoms with van der Waals surface area (Å²) in [5.41, 5.74) is 4.35. The van der Waals surface area contributed by atoms with Crippen LogP contribution in [0.3, 0.4) is 0 Å². The van der Waals surface area contributed by atoms with E-state index in [1.807, 2.05) is 0 Å². The number of amides is 3. The summed E-state index contributed by atoms with van der Waals surface area (Å²) in [5, 5.41) is 12.3. The van der Waals surface area contributed by atoms with Crippen molar-refractivity contribution in [3.63, 3.8) is 0 Å². The topological polar surface area (TPSA) is 142 Å². The highest BCUT2D eigenvalue weighted by Crippen LogP contribution is 2.22. The molecule has 1 rings (SSSR count). The van der Waals surface area contributed by atoms with Gasteiger partial charge in [0.05, 0.1) is 10.5 Å². The zero-order valence-corrected chi connectivity index (χ0v) is 9.49. The second-order valence-electron chi connectivity index (χ2n) is 3.30. The van der Waals surface area contributed by atoms with Gasteiger partial charge in [-0.3, -0.25) is 25.0 Å². The molecule has 1 aromatic carbocycles. The molecule has 0 saturated carbocycles. The largest absolute Gasteiger partial charge is 0.483 e. The minimum Gasteiger partial charge on any atom is -0.483 e. The van der Waals surface area contributed by atoms with Crippen LogP contribution in [0.25, 0.3) is 0 Å². The Balaban J connectivity index is 2.78. The van der Waals surface area contributed by atoms with Crippen LogP contribution in [0.4, 0.5) is 10.5 Å². The van der Waals surface area contributed by atoms with Gasteiger partial charge in [-0.25, -0.2) is 4.79 Å². The molecule has 0 heterocycles. The van der Waals surface area contributed by atoms with Gasteiger partial charge < -0.3 is 10.5 Å². The van der Waals surface area contributed by atoms with E-state index in [2.05, 4.69) is 0 Å². The van der Waals surface area contributed by atoms with Crippen molar-refractivity contribution in [3.8, 4) is 5.75 Å². The lowest BCUT2D eigenvalue weighted by atomic mass is 10.2. The van der Waals surface area contributed by atoms with E-state index >= 15 is 0 Å². The minimum absolute atomic E-state index is 0.0137. The summed E-state index contributed by atoms with van der Waals surface area (Å²) in [6, 6.07) is 2.27. The molecule has 100 valence electrons. The molecule has 3 N–H and O–H groups in total. The van der Waals surface area contributed by atoms with Crippen molar-refractivity contribution >= 4 is 23.9 Å². The van der Waals surface area contributed by atoms with Crippen LogP contribution >= 0.6 is 0 Å². The van der Waals surface area contributed by atoms with Gasteiger partial charge in [-0.2, -0.15) is 0 Å². The van der Waals surface area contributed by atoms with Gasteiger partial charge >= 0.3 is 6.03 Å². The third-order valence-electron chi connectivity index (χ3n) is 1.95. The fraction of sp³-hybridized carbons (Fsp3) is 0.100. The van der Waals surface area contributed by atoms with Crippen LogP contribution < -0.4 is 15.8 Å². The Morgan fingerprint density at radius 1 is 1.47 bits per heavy atom. The molecule has 0 fully saturated rings. The van der Waals surface area contributed by atoms with E-state index in [0.717, 1.165) is 12.1 Å². The van der Waals surface area contributed by atoms with Crippen molar-refractivity contribution < 1.29 is 24.0 Å². The van der Waals surface area contributed by atoms with E-state index in [9.17, 15) is 24.5 Å². The number of non-ortho nitro benzene ring substituents is 1. The van der Waals surface area contributed by atoms with Gasteiger partial charge in [0.25, 0.3) is 11.6 Å². The number of nitro groups is 1. The molecule has 9 heteroatoms.